The van der Waals surface area contributed by atoms with E-state index in [-0.39, 0.29) is 61.9 Å². The lowest BCUT2D eigenvalue weighted by atomic mass is 9.87. The minimum atomic E-state index is -0.183. The number of hydrogen-bond donors (Lipinski definition) is 8. The number of amides is 4. The highest BCUT2D eigenvalue weighted by molar-refractivity contribution is 5.94. The first-order valence-corrected chi connectivity index (χ1v) is 33.9. The van der Waals surface area contributed by atoms with Gasteiger partial charge in [0.25, 0.3) is 0 Å². The van der Waals surface area contributed by atoms with Crippen LogP contribution in [0.5, 0.6) is 0 Å². The summed E-state index contributed by atoms with van der Waals surface area (Å²) in [7, 11) is 0. The van der Waals surface area contributed by atoms with Crippen molar-refractivity contribution >= 4 is 71.2 Å². The van der Waals surface area contributed by atoms with Crippen molar-refractivity contribution < 1.29 is 39.6 Å². The van der Waals surface area contributed by atoms with Crippen LogP contribution in [0.1, 0.15) is 186 Å². The predicted octanol–water partition coefficient (Wildman–Crippen LogP) is 16.1. The third-order valence-electron chi connectivity index (χ3n) is 15.5. The van der Waals surface area contributed by atoms with Gasteiger partial charge >= 0.3 is 0 Å². The van der Waals surface area contributed by atoms with E-state index in [9.17, 15) is 24.3 Å². The van der Waals surface area contributed by atoms with E-state index < -0.39 is 0 Å². The van der Waals surface area contributed by atoms with Crippen molar-refractivity contribution in [3.63, 3.8) is 0 Å². The Labute approximate surface area is 588 Å². The molecule has 1 fully saturated rings. The molecule has 20 heteroatoms. The van der Waals surface area contributed by atoms with E-state index in [0.29, 0.717) is 70.5 Å². The number of aromatic nitrogens is 8. The third kappa shape index (κ3) is 26.0. The molecule has 4 heterocycles. The summed E-state index contributed by atoms with van der Waals surface area (Å²) in [4.78, 5) is 84.3. The first-order chi connectivity index (χ1) is 47.9. The standard InChI is InChI=1S/C23H29N3O2.2C20H25N3O2.C17H19N3O2/c1-16(2)12-20-23(26-22(28)13-17-6-4-3-5-7-17)24-14-21(25-20)19-10-8-18(15-27)9-11-19;1-13(2)9-17-20(23-19(25)10-14(3)4)21-11-18(22-17)16-7-5-15(12-24)6-8-16;1-5-14(4)20(25)23-19-17(10-13(2)3)22-18(11-21-19)16-8-6-15(12-24)7-9-16;1-11(2)8-15-17(19-12(3)22)18-9-16(20-15)14-6-4-13(10-21)5-7-14/h8-12,14,17,27H,3-7,13,15H2,1-2H3,(H,24,26,28);5-9,11,14,24H,10,12H2,1-4H3,(H,21,23,25);6-11,14,24H,5,12H2,1-4H3,(H,21,23,25);4-9,21H,10H2,1-3H3,(H,18,19,22). The number of hydrogen-bond acceptors (Lipinski definition) is 16. The zero-order chi connectivity index (χ0) is 72.8. The Balaban J connectivity index is 0.000000211. The van der Waals surface area contributed by atoms with Crippen molar-refractivity contribution in [1.82, 2.24) is 39.9 Å². The van der Waals surface area contributed by atoms with Crippen LogP contribution in [0.25, 0.3) is 69.3 Å². The molecule has 4 amide bonds. The fraction of sp³-hybridized carbons (Fsp3) is 0.350. The van der Waals surface area contributed by atoms with Crippen molar-refractivity contribution in [1.29, 1.82) is 0 Å². The van der Waals surface area contributed by atoms with Crippen LogP contribution in [-0.2, 0) is 45.6 Å². The second-order valence-electron chi connectivity index (χ2n) is 26.1. The Hall–Kier alpha value is -10.1. The smallest absolute Gasteiger partial charge is 0.228 e. The molecule has 1 aliphatic carbocycles. The minimum Gasteiger partial charge on any atom is -0.392 e. The molecule has 0 bridgehead atoms. The van der Waals surface area contributed by atoms with Crippen molar-refractivity contribution in [2.45, 2.75) is 168 Å². The molecule has 0 spiro atoms. The number of carbonyl (C=O) groups is 4. The highest BCUT2D eigenvalue weighted by atomic mass is 16.3. The average molecular weight is 1360 g/mol. The number of anilines is 4. The molecule has 4 aromatic heterocycles. The van der Waals surface area contributed by atoms with Gasteiger partial charge < -0.3 is 41.7 Å². The van der Waals surface area contributed by atoms with Gasteiger partial charge in [-0.25, -0.2) is 39.9 Å². The molecular weight excluding hydrogens is 1260 g/mol. The lowest BCUT2D eigenvalue weighted by molar-refractivity contribution is -0.119. The van der Waals surface area contributed by atoms with Crippen LogP contribution in [-0.4, -0.2) is 83.9 Å². The van der Waals surface area contributed by atoms with Gasteiger partial charge in [0.1, 0.15) is 22.8 Å². The van der Waals surface area contributed by atoms with Gasteiger partial charge in [-0.1, -0.05) is 166 Å². The Morgan fingerprint density at radius 2 is 0.710 bits per heavy atom. The fourth-order valence-corrected chi connectivity index (χ4v) is 10.2. The summed E-state index contributed by atoms with van der Waals surface area (Å²) in [5, 5.41) is 48.0. The van der Waals surface area contributed by atoms with E-state index >= 15 is 0 Å². The number of rotatable bonds is 22. The first-order valence-electron chi connectivity index (χ1n) is 33.9. The molecule has 8 N–H and O–H groups in total. The Morgan fingerprint density at radius 3 is 0.980 bits per heavy atom. The molecule has 1 unspecified atom stereocenters. The van der Waals surface area contributed by atoms with Crippen LogP contribution in [0.3, 0.4) is 0 Å². The molecule has 8 aromatic rings. The normalized spacial score (nSPS) is 11.9. The van der Waals surface area contributed by atoms with Gasteiger partial charge in [0.2, 0.25) is 23.6 Å². The number of carbonyl (C=O) groups excluding carboxylic acids is 4. The Bertz CT molecular complexity index is 4130. The molecule has 4 aromatic carbocycles. The summed E-state index contributed by atoms with van der Waals surface area (Å²) >= 11 is 0. The molecule has 1 atom stereocenters. The van der Waals surface area contributed by atoms with Crippen LogP contribution >= 0.6 is 0 Å². The SMILES string of the molecule is CC(=O)Nc1ncc(-c2ccc(CO)cc2)nc1C=C(C)C.CC(C)=Cc1nc(-c2ccc(CO)cc2)cnc1NC(=O)CC(C)C.CC(C)=Cc1nc(-c2ccc(CO)cc2)cnc1NC(=O)CC1CCCCC1.CCC(C)C(=O)Nc1ncc(-c2ccc(CO)cc2)nc1C=C(C)C. The highest BCUT2D eigenvalue weighted by Crippen LogP contribution is 2.30. The summed E-state index contributed by atoms with van der Waals surface area (Å²) in [6.45, 7) is 25.2. The third-order valence-corrected chi connectivity index (χ3v) is 15.5. The van der Waals surface area contributed by atoms with Crippen LogP contribution in [0.15, 0.2) is 144 Å². The Kier molecular flexibility index (Phi) is 31.6. The first kappa shape index (κ1) is 78.9. The van der Waals surface area contributed by atoms with E-state index in [2.05, 4.69) is 56.2 Å². The number of aliphatic hydroxyl groups is 4. The average Bonchev–Trinajstić information content (AvgIpc) is 0.850. The molecule has 526 valence electrons. The van der Waals surface area contributed by atoms with Crippen molar-refractivity contribution in [2.75, 3.05) is 21.3 Å². The van der Waals surface area contributed by atoms with Gasteiger partial charge in [0.05, 0.1) is 74.0 Å². The van der Waals surface area contributed by atoms with Gasteiger partial charge in [-0.15, -0.1) is 0 Å². The number of aliphatic hydroxyl groups excluding tert-OH is 4. The van der Waals surface area contributed by atoms with Crippen LogP contribution in [0.4, 0.5) is 23.3 Å². The largest absolute Gasteiger partial charge is 0.392 e. The van der Waals surface area contributed by atoms with E-state index in [1.165, 1.54) is 26.2 Å². The predicted molar refractivity (Wildman–Crippen MR) is 401 cm³/mol. The van der Waals surface area contributed by atoms with Crippen molar-refractivity contribution in [3.05, 3.63) is 189 Å². The zero-order valence-electron chi connectivity index (χ0n) is 60.1. The maximum atomic E-state index is 12.5. The molecule has 0 saturated heterocycles. The monoisotopic (exact) mass is 1350 g/mol. The van der Waals surface area contributed by atoms with E-state index in [1.807, 2.05) is 204 Å². The molecule has 0 radical (unpaired) electrons. The van der Waals surface area contributed by atoms with Crippen LogP contribution in [0.2, 0.25) is 0 Å². The van der Waals surface area contributed by atoms with Gasteiger partial charge in [0, 0.05) is 47.9 Å². The molecule has 9 rings (SSSR count). The molecular formula is C80H98N12O8. The summed E-state index contributed by atoms with van der Waals surface area (Å²) < 4.78 is 0. The zero-order valence-corrected chi connectivity index (χ0v) is 60.1. The molecule has 100 heavy (non-hydrogen) atoms. The summed E-state index contributed by atoms with van der Waals surface area (Å²) in [6, 6.07) is 30.1. The molecule has 1 saturated carbocycles. The van der Waals surface area contributed by atoms with Crippen LogP contribution < -0.4 is 21.3 Å². The lowest BCUT2D eigenvalue weighted by Crippen LogP contribution is -2.21. The maximum absolute atomic E-state index is 12.5. The molecule has 20 nitrogen and oxygen atoms in total. The molecule has 1 aliphatic rings. The number of benzene rings is 4. The van der Waals surface area contributed by atoms with E-state index in [4.69, 9.17) is 20.3 Å². The van der Waals surface area contributed by atoms with Gasteiger partial charge in [0.15, 0.2) is 23.3 Å². The van der Waals surface area contributed by atoms with E-state index in [1.54, 1.807) is 24.8 Å². The van der Waals surface area contributed by atoms with Gasteiger partial charge in [-0.05, 0) is 133 Å². The van der Waals surface area contributed by atoms with Crippen molar-refractivity contribution in [2.24, 2.45) is 17.8 Å². The number of nitrogens with one attached hydrogen (secondary N) is 4. The lowest BCUT2D eigenvalue weighted by Gasteiger charge is -2.20. The van der Waals surface area contributed by atoms with E-state index in [0.717, 1.165) is 103 Å². The second kappa shape index (κ2) is 40.1. The van der Waals surface area contributed by atoms with Gasteiger partial charge in [-0.3, -0.25) is 19.2 Å². The summed E-state index contributed by atoms with van der Waals surface area (Å²) in [5.41, 5.74) is 16.8. The van der Waals surface area contributed by atoms with Crippen molar-refractivity contribution in [3.8, 4) is 45.0 Å². The minimum absolute atomic E-state index is 0.00948. The quantitative estimate of drug-likeness (QED) is 0.0313. The number of nitrogens with zero attached hydrogens (tertiary/aromatic N) is 8. The topological polar surface area (TPSA) is 300 Å². The van der Waals surface area contributed by atoms with Crippen LogP contribution in [0, 0.1) is 17.8 Å². The van der Waals surface area contributed by atoms with Gasteiger partial charge in [-0.2, -0.15) is 0 Å². The summed E-state index contributed by atoms with van der Waals surface area (Å²) in [6.07, 6.45) is 22.0. The number of allylic oxidation sites excluding steroid dienone is 4. The highest BCUT2D eigenvalue weighted by Gasteiger charge is 2.20. The fourth-order valence-electron chi connectivity index (χ4n) is 10.2. The Morgan fingerprint density at radius 1 is 0.420 bits per heavy atom. The maximum Gasteiger partial charge on any atom is 0.228 e. The second-order valence-corrected chi connectivity index (χ2v) is 26.1. The summed E-state index contributed by atoms with van der Waals surface area (Å²) in [5.74, 6) is 2.32. The molecule has 0 aliphatic heterocycles.